The molecule has 2 aliphatic rings. The van der Waals surface area contributed by atoms with Crippen LogP contribution in [0.25, 0.3) is 77.7 Å². The van der Waals surface area contributed by atoms with Crippen LogP contribution in [0.15, 0.2) is 210 Å². The highest BCUT2D eigenvalue weighted by atomic mass is 16.3. The lowest BCUT2D eigenvalue weighted by Gasteiger charge is -2.25. The highest BCUT2D eigenvalue weighted by Crippen LogP contribution is 2.49. The molecular formula is C52H35N3O. The Labute approximate surface area is 325 Å². The van der Waals surface area contributed by atoms with E-state index in [4.69, 9.17) is 9.40 Å². The van der Waals surface area contributed by atoms with Gasteiger partial charge in [0.25, 0.3) is 0 Å². The molecule has 1 N–H and O–H groups in total. The lowest BCUT2D eigenvalue weighted by Crippen LogP contribution is -2.23. The first-order valence-corrected chi connectivity index (χ1v) is 19.1. The van der Waals surface area contributed by atoms with Crippen molar-refractivity contribution in [3.05, 3.63) is 212 Å². The van der Waals surface area contributed by atoms with Crippen LogP contribution in [0, 0.1) is 0 Å². The number of furan rings is 1. The molecule has 0 bridgehead atoms. The molecule has 1 unspecified atom stereocenters. The zero-order chi connectivity index (χ0) is 37.0. The molecule has 0 spiro atoms. The van der Waals surface area contributed by atoms with Crippen LogP contribution in [0.5, 0.6) is 0 Å². The van der Waals surface area contributed by atoms with Gasteiger partial charge in [-0.05, 0) is 105 Å². The summed E-state index contributed by atoms with van der Waals surface area (Å²) in [6.45, 7) is 0. The van der Waals surface area contributed by atoms with Crippen LogP contribution in [0.1, 0.15) is 11.6 Å². The summed E-state index contributed by atoms with van der Waals surface area (Å²) < 4.78 is 6.15. The topological polar surface area (TPSA) is 41.3 Å². The van der Waals surface area contributed by atoms with E-state index in [0.717, 1.165) is 72.7 Å². The lowest BCUT2D eigenvalue weighted by atomic mass is 9.97. The Morgan fingerprint density at radius 1 is 0.464 bits per heavy atom. The van der Waals surface area contributed by atoms with Gasteiger partial charge in [0.15, 0.2) is 0 Å². The SMILES string of the molecule is C1=CNC2C(=C1)N(c1cc(-c3ccc(-c4ccccc4)cc3)cc(-c3ccc(-c4ccccc4)cc3)n1)c1ccc(-c3ccc4oc5ccccc5c4c3)cc12. The molecule has 9 aromatic rings. The highest BCUT2D eigenvalue weighted by molar-refractivity contribution is 6.06. The van der Waals surface area contributed by atoms with Crippen molar-refractivity contribution >= 4 is 33.4 Å². The van der Waals surface area contributed by atoms with Gasteiger partial charge < -0.3 is 9.73 Å². The number of allylic oxidation sites excluding steroid dienone is 2. The Morgan fingerprint density at radius 2 is 1.04 bits per heavy atom. The van der Waals surface area contributed by atoms with Crippen molar-refractivity contribution in [2.24, 2.45) is 0 Å². The number of hydrogen-bond donors (Lipinski definition) is 1. The van der Waals surface area contributed by atoms with E-state index < -0.39 is 0 Å². The molecule has 1 atom stereocenters. The molecule has 4 heteroatoms. The molecule has 2 aromatic heterocycles. The minimum absolute atomic E-state index is 0.0161. The summed E-state index contributed by atoms with van der Waals surface area (Å²) in [4.78, 5) is 7.76. The number of pyridine rings is 1. The third-order valence-electron chi connectivity index (χ3n) is 11.1. The van der Waals surface area contributed by atoms with E-state index in [1.807, 2.05) is 18.3 Å². The molecule has 4 nitrogen and oxygen atoms in total. The van der Waals surface area contributed by atoms with Crippen molar-refractivity contribution in [3.8, 4) is 55.8 Å². The van der Waals surface area contributed by atoms with Crippen LogP contribution in [-0.2, 0) is 0 Å². The third kappa shape index (κ3) is 5.50. The molecule has 11 rings (SSSR count). The molecule has 2 aliphatic heterocycles. The van der Waals surface area contributed by atoms with Crippen LogP contribution in [-0.4, -0.2) is 4.98 Å². The first kappa shape index (κ1) is 32.0. The van der Waals surface area contributed by atoms with Gasteiger partial charge in [0.1, 0.15) is 17.0 Å². The molecule has 0 saturated heterocycles. The van der Waals surface area contributed by atoms with Crippen LogP contribution in [0.3, 0.4) is 0 Å². The lowest BCUT2D eigenvalue weighted by molar-refractivity contribution is 0.669. The minimum atomic E-state index is -0.0161. The van der Waals surface area contributed by atoms with E-state index in [-0.39, 0.29) is 6.04 Å². The molecule has 0 radical (unpaired) electrons. The summed E-state index contributed by atoms with van der Waals surface area (Å²) in [5.41, 5.74) is 16.6. The van der Waals surface area contributed by atoms with E-state index in [0.29, 0.717) is 0 Å². The molecule has 0 amide bonds. The van der Waals surface area contributed by atoms with Crippen molar-refractivity contribution < 1.29 is 4.42 Å². The van der Waals surface area contributed by atoms with Crippen molar-refractivity contribution in [1.29, 1.82) is 0 Å². The number of hydrogen-bond acceptors (Lipinski definition) is 4. The van der Waals surface area contributed by atoms with Gasteiger partial charge in [-0.25, -0.2) is 4.98 Å². The van der Waals surface area contributed by atoms with Gasteiger partial charge in [0, 0.05) is 21.9 Å². The van der Waals surface area contributed by atoms with Gasteiger partial charge in [-0.1, -0.05) is 140 Å². The quantitative estimate of drug-likeness (QED) is 0.186. The number of benzene rings is 7. The van der Waals surface area contributed by atoms with Gasteiger partial charge in [-0.3, -0.25) is 4.90 Å². The van der Waals surface area contributed by atoms with E-state index in [9.17, 15) is 0 Å². The Balaban J connectivity index is 1.03. The Kier molecular flexibility index (Phi) is 7.52. The average Bonchev–Trinajstić information content (AvgIpc) is 3.82. The summed E-state index contributed by atoms with van der Waals surface area (Å²) in [6, 6.07) is 64.7. The fourth-order valence-corrected chi connectivity index (χ4v) is 8.30. The average molecular weight is 718 g/mol. The van der Waals surface area contributed by atoms with Gasteiger partial charge in [0.05, 0.1) is 23.1 Å². The number of para-hydroxylation sites is 1. The number of dihydropyridines is 1. The molecule has 7 aromatic carbocycles. The maximum absolute atomic E-state index is 6.15. The number of fused-ring (bicyclic) bond motifs is 6. The molecule has 0 aliphatic carbocycles. The number of aromatic nitrogens is 1. The molecule has 264 valence electrons. The van der Waals surface area contributed by atoms with E-state index >= 15 is 0 Å². The molecular weight excluding hydrogens is 683 g/mol. The maximum atomic E-state index is 6.15. The number of nitrogens with zero attached hydrogens (tertiary/aromatic N) is 2. The predicted molar refractivity (Wildman–Crippen MR) is 230 cm³/mol. The molecule has 4 heterocycles. The molecule has 56 heavy (non-hydrogen) atoms. The smallest absolute Gasteiger partial charge is 0.138 e. The van der Waals surface area contributed by atoms with Crippen LogP contribution < -0.4 is 10.2 Å². The molecule has 0 saturated carbocycles. The predicted octanol–water partition coefficient (Wildman–Crippen LogP) is 13.5. The first-order valence-electron chi connectivity index (χ1n) is 19.1. The van der Waals surface area contributed by atoms with Crippen molar-refractivity contribution in [3.63, 3.8) is 0 Å². The second kappa shape index (κ2) is 13.2. The fraction of sp³-hybridized carbons (Fsp3) is 0.0192. The van der Waals surface area contributed by atoms with E-state index in [1.165, 1.54) is 27.8 Å². The minimum Gasteiger partial charge on any atom is -0.456 e. The maximum Gasteiger partial charge on any atom is 0.138 e. The summed E-state index contributed by atoms with van der Waals surface area (Å²) in [5.74, 6) is 0.878. The van der Waals surface area contributed by atoms with E-state index in [1.54, 1.807) is 0 Å². The Morgan fingerprint density at radius 3 is 1.77 bits per heavy atom. The van der Waals surface area contributed by atoms with Crippen molar-refractivity contribution in [1.82, 2.24) is 10.3 Å². The molecule has 0 fully saturated rings. The summed E-state index contributed by atoms with van der Waals surface area (Å²) in [5, 5.41) is 5.93. The fourth-order valence-electron chi connectivity index (χ4n) is 8.30. The van der Waals surface area contributed by atoms with Crippen LogP contribution in [0.4, 0.5) is 11.5 Å². The van der Waals surface area contributed by atoms with Crippen LogP contribution in [0.2, 0.25) is 0 Å². The monoisotopic (exact) mass is 717 g/mol. The normalized spacial score (nSPS) is 14.4. The van der Waals surface area contributed by atoms with Gasteiger partial charge in [-0.15, -0.1) is 0 Å². The van der Waals surface area contributed by atoms with Gasteiger partial charge in [0.2, 0.25) is 0 Å². The summed E-state index contributed by atoms with van der Waals surface area (Å²) in [7, 11) is 0. The largest absolute Gasteiger partial charge is 0.456 e. The summed E-state index contributed by atoms with van der Waals surface area (Å²) >= 11 is 0. The first-order chi connectivity index (χ1) is 27.7. The number of nitrogens with one attached hydrogen (secondary N) is 1. The zero-order valence-electron chi connectivity index (χ0n) is 30.4. The van der Waals surface area contributed by atoms with Gasteiger partial charge in [-0.2, -0.15) is 0 Å². The number of rotatable bonds is 6. The van der Waals surface area contributed by atoms with Crippen LogP contribution >= 0.6 is 0 Å². The second-order valence-electron chi connectivity index (χ2n) is 14.5. The Hall–Kier alpha value is -7.43. The van der Waals surface area contributed by atoms with Crippen molar-refractivity contribution in [2.75, 3.05) is 4.90 Å². The number of anilines is 2. The van der Waals surface area contributed by atoms with E-state index in [2.05, 4.69) is 192 Å². The van der Waals surface area contributed by atoms with Crippen molar-refractivity contribution in [2.45, 2.75) is 6.04 Å². The van der Waals surface area contributed by atoms with Gasteiger partial charge >= 0.3 is 0 Å². The zero-order valence-corrected chi connectivity index (χ0v) is 30.4. The third-order valence-corrected chi connectivity index (χ3v) is 11.1. The Bertz CT molecular complexity index is 2880. The summed E-state index contributed by atoms with van der Waals surface area (Å²) in [6.07, 6.45) is 6.33. The second-order valence-corrected chi connectivity index (χ2v) is 14.5. The highest BCUT2D eigenvalue weighted by Gasteiger charge is 2.36. The standard InChI is InChI=1S/C52H35N3O/c1-3-10-34(11-4-1)36-17-19-38(20-18-36)42-32-46(39-23-21-37(22-24-39)35-12-5-2-6-13-35)54-51(33-42)55-47-27-25-40(31-45(47)52-48(55)15-9-29-53-52)41-26-28-50-44(30-41)43-14-7-8-16-49(43)56-50/h1-33,52-53H.